The third-order valence-corrected chi connectivity index (χ3v) is 4.30. The summed E-state index contributed by atoms with van der Waals surface area (Å²) in [6.45, 7) is 6.82. The number of alkyl halides is 3. The van der Waals surface area contributed by atoms with E-state index < -0.39 is 18.0 Å². The lowest BCUT2D eigenvalue weighted by Crippen LogP contribution is -2.35. The zero-order valence-corrected chi connectivity index (χ0v) is 16.3. The van der Waals surface area contributed by atoms with Crippen molar-refractivity contribution >= 4 is 33.4 Å². The molecule has 0 spiro atoms. The highest BCUT2D eigenvalue weighted by atomic mass is 79.9. The van der Waals surface area contributed by atoms with Crippen LogP contribution in [0.3, 0.4) is 0 Å². The first-order valence-corrected chi connectivity index (χ1v) is 8.69. The summed E-state index contributed by atoms with van der Waals surface area (Å²) in [5, 5.41) is 4.47. The molecule has 0 aliphatic carbocycles. The van der Waals surface area contributed by atoms with Crippen LogP contribution in [0, 0.1) is 0 Å². The zero-order valence-electron chi connectivity index (χ0n) is 14.7. The van der Waals surface area contributed by atoms with Crippen LogP contribution in [0.15, 0.2) is 16.6 Å². The summed E-state index contributed by atoms with van der Waals surface area (Å²) in [5.41, 5.74) is -0.00667. The van der Waals surface area contributed by atoms with E-state index in [4.69, 9.17) is 4.74 Å². The number of ether oxygens (including phenoxy) is 1. The number of amides is 2. The third kappa shape index (κ3) is 6.17. The molecule has 2 N–H and O–H groups in total. The maximum Gasteiger partial charge on any atom is 0.471 e. The maximum absolute atomic E-state index is 12.4. The maximum atomic E-state index is 12.4. The molecule has 6 nitrogen and oxygen atoms in total. The zero-order chi connectivity index (χ0) is 19.9. The van der Waals surface area contributed by atoms with Gasteiger partial charge in [-0.1, -0.05) is 13.8 Å². The minimum Gasteiger partial charge on any atom is -0.496 e. The fraction of sp³-hybridized carbons (Fsp3) is 0.500. The van der Waals surface area contributed by atoms with Crippen LogP contribution in [0.5, 0.6) is 5.75 Å². The van der Waals surface area contributed by atoms with E-state index in [1.807, 2.05) is 13.8 Å². The highest BCUT2D eigenvalue weighted by Crippen LogP contribution is 2.32. The number of halogens is 4. The molecular weight excluding hydrogens is 419 g/mol. The van der Waals surface area contributed by atoms with E-state index in [2.05, 4.69) is 26.1 Å². The van der Waals surface area contributed by atoms with Crippen molar-refractivity contribution in [3.63, 3.8) is 0 Å². The van der Waals surface area contributed by atoms with Crippen molar-refractivity contribution in [2.75, 3.05) is 38.6 Å². The van der Waals surface area contributed by atoms with Gasteiger partial charge < -0.3 is 20.3 Å². The molecule has 0 fully saturated rings. The second-order valence-electron chi connectivity index (χ2n) is 5.27. The molecule has 0 saturated carbocycles. The monoisotopic (exact) mass is 439 g/mol. The van der Waals surface area contributed by atoms with Crippen LogP contribution in [0.1, 0.15) is 24.2 Å². The van der Waals surface area contributed by atoms with Gasteiger partial charge in [-0.3, -0.25) is 9.59 Å². The number of likely N-dealkylation sites (N-methyl/N-ethyl adjacent to an activating group) is 1. The Kier molecular flexibility index (Phi) is 8.35. The molecule has 0 aliphatic heterocycles. The summed E-state index contributed by atoms with van der Waals surface area (Å²) in [7, 11) is 1.28. The van der Waals surface area contributed by atoms with Crippen molar-refractivity contribution in [2.24, 2.45) is 0 Å². The molecule has 1 rings (SSSR count). The summed E-state index contributed by atoms with van der Waals surface area (Å²) < 4.78 is 42.4. The molecule has 0 aromatic heterocycles. The lowest BCUT2D eigenvalue weighted by molar-refractivity contribution is -0.167. The fourth-order valence-corrected chi connectivity index (χ4v) is 2.59. The average Bonchev–Trinajstić information content (AvgIpc) is 2.59. The number of nitrogens with one attached hydrogen (secondary N) is 2. The Balaban J connectivity index is 2.91. The van der Waals surface area contributed by atoms with Crippen LogP contribution in [0.4, 0.5) is 18.9 Å². The molecule has 1 aromatic rings. The van der Waals surface area contributed by atoms with Crippen LogP contribution in [-0.4, -0.2) is 56.2 Å². The van der Waals surface area contributed by atoms with Gasteiger partial charge in [0.25, 0.3) is 5.91 Å². The molecule has 1 aromatic carbocycles. The Morgan fingerprint density at radius 2 is 1.85 bits per heavy atom. The SMILES string of the molecule is CCN(CC)CCNC(=O)c1cc(Br)c(NC(=O)C(F)(F)F)cc1OC. The summed E-state index contributed by atoms with van der Waals surface area (Å²) in [4.78, 5) is 25.5. The number of anilines is 1. The van der Waals surface area contributed by atoms with E-state index in [-0.39, 0.29) is 21.5 Å². The van der Waals surface area contributed by atoms with Gasteiger partial charge in [-0.2, -0.15) is 13.2 Å². The highest BCUT2D eigenvalue weighted by molar-refractivity contribution is 9.10. The Morgan fingerprint density at radius 3 is 2.35 bits per heavy atom. The number of carbonyl (C=O) groups is 2. The minimum absolute atomic E-state index is 0.0472. The number of hydrogen-bond donors (Lipinski definition) is 2. The van der Waals surface area contributed by atoms with E-state index in [0.717, 1.165) is 19.2 Å². The van der Waals surface area contributed by atoms with Gasteiger partial charge in [0.15, 0.2) is 0 Å². The van der Waals surface area contributed by atoms with E-state index in [1.165, 1.54) is 13.2 Å². The third-order valence-electron chi connectivity index (χ3n) is 3.65. The predicted molar refractivity (Wildman–Crippen MR) is 95.5 cm³/mol. The van der Waals surface area contributed by atoms with Crippen molar-refractivity contribution in [2.45, 2.75) is 20.0 Å². The largest absolute Gasteiger partial charge is 0.496 e. The van der Waals surface area contributed by atoms with Crippen LogP contribution in [-0.2, 0) is 4.79 Å². The first-order valence-electron chi connectivity index (χ1n) is 7.90. The number of nitrogens with zero attached hydrogens (tertiary/aromatic N) is 1. The van der Waals surface area contributed by atoms with Gasteiger partial charge in [0, 0.05) is 23.6 Å². The Morgan fingerprint density at radius 1 is 1.23 bits per heavy atom. The molecule has 0 radical (unpaired) electrons. The van der Waals surface area contributed by atoms with Crippen molar-refractivity contribution in [1.29, 1.82) is 0 Å². The summed E-state index contributed by atoms with van der Waals surface area (Å²) in [5.74, 6) is -2.49. The van der Waals surface area contributed by atoms with Gasteiger partial charge in [0.1, 0.15) is 5.75 Å². The predicted octanol–water partition coefficient (Wildman–Crippen LogP) is 3.03. The Hall–Kier alpha value is -1.81. The van der Waals surface area contributed by atoms with Gasteiger partial charge in [-0.05, 0) is 35.1 Å². The van der Waals surface area contributed by atoms with Crippen molar-refractivity contribution in [3.05, 3.63) is 22.2 Å². The second-order valence-corrected chi connectivity index (χ2v) is 6.12. The van der Waals surface area contributed by atoms with Crippen LogP contribution in [0.2, 0.25) is 0 Å². The van der Waals surface area contributed by atoms with Crippen molar-refractivity contribution in [1.82, 2.24) is 10.2 Å². The standard InChI is InChI=1S/C16H21BrF3N3O3/c1-4-23(5-2)7-6-21-14(24)10-8-11(17)12(9-13(10)26-3)22-15(25)16(18,19)20/h8-9H,4-7H2,1-3H3,(H,21,24)(H,22,25). The molecule has 2 amide bonds. The minimum atomic E-state index is -5.02. The lowest BCUT2D eigenvalue weighted by Gasteiger charge is -2.18. The summed E-state index contributed by atoms with van der Waals surface area (Å²) >= 11 is 3.06. The molecule has 10 heteroatoms. The Bertz CT molecular complexity index is 650. The number of hydrogen-bond acceptors (Lipinski definition) is 4. The van der Waals surface area contributed by atoms with Gasteiger partial charge in [-0.25, -0.2) is 0 Å². The molecule has 0 aliphatic rings. The quantitative estimate of drug-likeness (QED) is 0.652. The van der Waals surface area contributed by atoms with Crippen LogP contribution < -0.4 is 15.4 Å². The fourth-order valence-electron chi connectivity index (χ4n) is 2.15. The van der Waals surface area contributed by atoms with Gasteiger partial charge in [-0.15, -0.1) is 0 Å². The topological polar surface area (TPSA) is 70.7 Å². The molecule has 0 heterocycles. The first-order chi connectivity index (χ1) is 12.1. The molecule has 146 valence electrons. The molecule has 0 saturated heterocycles. The average molecular weight is 440 g/mol. The summed E-state index contributed by atoms with van der Waals surface area (Å²) in [6, 6.07) is 2.46. The number of benzene rings is 1. The lowest BCUT2D eigenvalue weighted by atomic mass is 10.1. The molecular formula is C16H21BrF3N3O3. The second kappa shape index (κ2) is 9.77. The van der Waals surface area contributed by atoms with Crippen LogP contribution in [0.25, 0.3) is 0 Å². The molecule has 26 heavy (non-hydrogen) atoms. The molecule has 0 unspecified atom stereocenters. The number of methoxy groups -OCH3 is 1. The van der Waals surface area contributed by atoms with Crippen molar-refractivity contribution in [3.8, 4) is 5.75 Å². The molecule has 0 atom stereocenters. The number of rotatable bonds is 8. The van der Waals surface area contributed by atoms with Gasteiger partial charge >= 0.3 is 12.1 Å². The van der Waals surface area contributed by atoms with E-state index in [9.17, 15) is 22.8 Å². The van der Waals surface area contributed by atoms with Gasteiger partial charge in [0.05, 0.1) is 18.4 Å². The number of carbonyl (C=O) groups excluding carboxylic acids is 2. The van der Waals surface area contributed by atoms with E-state index >= 15 is 0 Å². The Labute approximate surface area is 158 Å². The normalized spacial score (nSPS) is 11.4. The van der Waals surface area contributed by atoms with E-state index in [0.29, 0.717) is 13.1 Å². The molecule has 0 bridgehead atoms. The smallest absolute Gasteiger partial charge is 0.471 e. The highest BCUT2D eigenvalue weighted by Gasteiger charge is 2.39. The summed E-state index contributed by atoms with van der Waals surface area (Å²) in [6.07, 6.45) is -5.02. The van der Waals surface area contributed by atoms with Gasteiger partial charge in [0.2, 0.25) is 0 Å². The van der Waals surface area contributed by atoms with E-state index in [1.54, 1.807) is 5.32 Å². The van der Waals surface area contributed by atoms with Crippen molar-refractivity contribution < 1.29 is 27.5 Å². The first kappa shape index (κ1) is 22.2. The van der Waals surface area contributed by atoms with Crippen LogP contribution >= 0.6 is 15.9 Å².